The topological polar surface area (TPSA) is 75.4 Å². The van der Waals surface area contributed by atoms with Gasteiger partial charge < -0.3 is 5.73 Å². The lowest BCUT2D eigenvalue weighted by Gasteiger charge is -2.32. The van der Waals surface area contributed by atoms with Gasteiger partial charge in [-0.05, 0) is 6.42 Å². The third-order valence-electron chi connectivity index (χ3n) is 2.38. The molecule has 0 aromatic heterocycles. The van der Waals surface area contributed by atoms with Crippen LogP contribution in [0.5, 0.6) is 0 Å². The molecule has 0 spiro atoms. The molecule has 3 N–H and O–H groups in total. The standard InChI is InChI=1S/C10H17N3O2/c1-2-8-10(15)12-9(14)7-13(8)6-4-3-5-11/h3-4,8H,2,5-7,11H2,1H3,(H,12,14,15). The van der Waals surface area contributed by atoms with Crippen molar-refractivity contribution in [2.75, 3.05) is 19.6 Å². The Kier molecular flexibility index (Phi) is 4.45. The Balaban J connectivity index is 2.61. The first-order chi connectivity index (χ1) is 7.19. The Labute approximate surface area is 89.3 Å². The molecule has 1 rings (SSSR count). The molecule has 2 amide bonds. The SMILES string of the molecule is CCC1C(=O)NC(=O)CN1CC=CCN. The van der Waals surface area contributed by atoms with Crippen LogP contribution in [0.2, 0.25) is 0 Å². The second-order valence-corrected chi connectivity index (χ2v) is 3.47. The number of rotatable bonds is 4. The number of piperazine rings is 1. The van der Waals surface area contributed by atoms with Gasteiger partial charge in [0.25, 0.3) is 0 Å². The van der Waals surface area contributed by atoms with Crippen molar-refractivity contribution in [1.82, 2.24) is 10.2 Å². The van der Waals surface area contributed by atoms with Gasteiger partial charge in [0, 0.05) is 13.1 Å². The van der Waals surface area contributed by atoms with Crippen molar-refractivity contribution in [3.05, 3.63) is 12.2 Å². The third-order valence-corrected chi connectivity index (χ3v) is 2.38. The summed E-state index contributed by atoms with van der Waals surface area (Å²) in [6.07, 6.45) is 4.41. The Bertz CT molecular complexity index is 276. The van der Waals surface area contributed by atoms with Crippen LogP contribution < -0.4 is 11.1 Å². The van der Waals surface area contributed by atoms with E-state index in [2.05, 4.69) is 5.32 Å². The molecule has 0 aromatic rings. The summed E-state index contributed by atoms with van der Waals surface area (Å²) in [7, 11) is 0. The number of nitrogens with one attached hydrogen (secondary N) is 1. The number of hydrogen-bond donors (Lipinski definition) is 2. The highest BCUT2D eigenvalue weighted by molar-refractivity contribution is 6.01. The maximum atomic E-state index is 11.5. The van der Waals surface area contributed by atoms with Gasteiger partial charge in [0.15, 0.2) is 0 Å². The number of carbonyl (C=O) groups excluding carboxylic acids is 2. The van der Waals surface area contributed by atoms with Crippen LogP contribution in [0.3, 0.4) is 0 Å². The normalized spacial score (nSPS) is 23.5. The summed E-state index contributed by atoms with van der Waals surface area (Å²) in [5.74, 6) is -0.430. The fourth-order valence-corrected chi connectivity index (χ4v) is 1.66. The van der Waals surface area contributed by atoms with Crippen molar-refractivity contribution in [2.45, 2.75) is 19.4 Å². The van der Waals surface area contributed by atoms with Crippen LogP contribution >= 0.6 is 0 Å². The summed E-state index contributed by atoms with van der Waals surface area (Å²) in [5, 5.41) is 2.33. The fourth-order valence-electron chi connectivity index (χ4n) is 1.66. The zero-order chi connectivity index (χ0) is 11.3. The zero-order valence-electron chi connectivity index (χ0n) is 8.90. The first-order valence-corrected chi connectivity index (χ1v) is 5.11. The number of hydrogen-bond acceptors (Lipinski definition) is 4. The van der Waals surface area contributed by atoms with Crippen LogP contribution in [0, 0.1) is 0 Å². The number of nitrogens with two attached hydrogens (primary N) is 1. The predicted octanol–water partition coefficient (Wildman–Crippen LogP) is -0.762. The molecule has 1 unspecified atom stereocenters. The van der Waals surface area contributed by atoms with Gasteiger partial charge >= 0.3 is 0 Å². The Hall–Kier alpha value is -1.20. The molecule has 1 aliphatic heterocycles. The van der Waals surface area contributed by atoms with E-state index in [0.717, 1.165) is 0 Å². The highest BCUT2D eigenvalue weighted by Gasteiger charge is 2.31. The van der Waals surface area contributed by atoms with Crippen LogP contribution in [0.1, 0.15) is 13.3 Å². The van der Waals surface area contributed by atoms with Crippen molar-refractivity contribution in [1.29, 1.82) is 0 Å². The number of imide groups is 1. The third kappa shape index (κ3) is 3.14. The largest absolute Gasteiger partial charge is 0.327 e. The second kappa shape index (κ2) is 5.63. The molecule has 0 saturated carbocycles. The van der Waals surface area contributed by atoms with E-state index in [1.54, 1.807) is 0 Å². The van der Waals surface area contributed by atoms with Gasteiger partial charge in [0.05, 0.1) is 12.6 Å². The summed E-state index contributed by atoms with van der Waals surface area (Å²) >= 11 is 0. The van der Waals surface area contributed by atoms with E-state index >= 15 is 0 Å². The molecule has 1 fully saturated rings. The van der Waals surface area contributed by atoms with Crippen molar-refractivity contribution in [2.24, 2.45) is 5.73 Å². The van der Waals surface area contributed by atoms with Gasteiger partial charge in [0.2, 0.25) is 11.8 Å². The Morgan fingerprint density at radius 2 is 2.27 bits per heavy atom. The van der Waals surface area contributed by atoms with Crippen LogP contribution in [0.25, 0.3) is 0 Å². The summed E-state index contributed by atoms with van der Waals surface area (Å²) in [4.78, 5) is 24.5. The lowest BCUT2D eigenvalue weighted by Crippen LogP contribution is -2.57. The van der Waals surface area contributed by atoms with E-state index < -0.39 is 0 Å². The minimum Gasteiger partial charge on any atom is -0.327 e. The Morgan fingerprint density at radius 1 is 1.53 bits per heavy atom. The molecule has 5 heteroatoms. The van der Waals surface area contributed by atoms with E-state index in [1.807, 2.05) is 24.0 Å². The summed E-state index contributed by atoms with van der Waals surface area (Å²) in [5.41, 5.74) is 5.31. The molecule has 15 heavy (non-hydrogen) atoms. The van der Waals surface area contributed by atoms with Crippen molar-refractivity contribution in [3.8, 4) is 0 Å². The van der Waals surface area contributed by atoms with E-state index in [4.69, 9.17) is 5.73 Å². The number of carbonyl (C=O) groups is 2. The smallest absolute Gasteiger partial charge is 0.243 e. The van der Waals surface area contributed by atoms with E-state index in [-0.39, 0.29) is 24.4 Å². The quantitative estimate of drug-likeness (QED) is 0.473. The zero-order valence-corrected chi connectivity index (χ0v) is 8.90. The molecule has 0 radical (unpaired) electrons. The molecule has 1 saturated heterocycles. The van der Waals surface area contributed by atoms with E-state index in [1.165, 1.54) is 0 Å². The predicted molar refractivity (Wildman–Crippen MR) is 57.0 cm³/mol. The van der Waals surface area contributed by atoms with Crippen LogP contribution in [-0.2, 0) is 9.59 Å². The summed E-state index contributed by atoms with van der Waals surface area (Å²) in [6, 6.07) is -0.204. The van der Waals surface area contributed by atoms with E-state index in [0.29, 0.717) is 19.5 Å². The van der Waals surface area contributed by atoms with Gasteiger partial charge in [-0.3, -0.25) is 19.8 Å². The number of nitrogens with zero attached hydrogens (tertiary/aromatic N) is 1. The summed E-state index contributed by atoms with van der Waals surface area (Å²) < 4.78 is 0. The van der Waals surface area contributed by atoms with Crippen LogP contribution in [0.4, 0.5) is 0 Å². The molecule has 0 bridgehead atoms. The highest BCUT2D eigenvalue weighted by Crippen LogP contribution is 2.08. The van der Waals surface area contributed by atoms with Crippen LogP contribution in [-0.4, -0.2) is 42.4 Å². The fraction of sp³-hybridized carbons (Fsp3) is 0.600. The maximum Gasteiger partial charge on any atom is 0.243 e. The monoisotopic (exact) mass is 211 g/mol. The molecule has 1 atom stereocenters. The molecule has 5 nitrogen and oxygen atoms in total. The molecule has 0 aliphatic carbocycles. The van der Waals surface area contributed by atoms with Crippen LogP contribution in [0.15, 0.2) is 12.2 Å². The van der Waals surface area contributed by atoms with Crippen molar-refractivity contribution in [3.63, 3.8) is 0 Å². The molecule has 1 heterocycles. The van der Waals surface area contributed by atoms with Crippen molar-refractivity contribution >= 4 is 11.8 Å². The molecule has 84 valence electrons. The van der Waals surface area contributed by atoms with Gasteiger partial charge in [-0.2, -0.15) is 0 Å². The minimum atomic E-state index is -0.231. The van der Waals surface area contributed by atoms with Gasteiger partial charge in [0.1, 0.15) is 0 Å². The first kappa shape index (κ1) is 11.9. The second-order valence-electron chi connectivity index (χ2n) is 3.47. The molecular formula is C10H17N3O2. The van der Waals surface area contributed by atoms with Gasteiger partial charge in [-0.15, -0.1) is 0 Å². The lowest BCUT2D eigenvalue weighted by molar-refractivity contribution is -0.139. The minimum absolute atomic E-state index is 0.199. The molecule has 1 aliphatic rings. The Morgan fingerprint density at radius 3 is 2.87 bits per heavy atom. The van der Waals surface area contributed by atoms with E-state index in [9.17, 15) is 9.59 Å². The maximum absolute atomic E-state index is 11.5. The van der Waals surface area contributed by atoms with Gasteiger partial charge in [-0.1, -0.05) is 19.1 Å². The molecular weight excluding hydrogens is 194 g/mol. The van der Waals surface area contributed by atoms with Gasteiger partial charge in [-0.25, -0.2) is 0 Å². The van der Waals surface area contributed by atoms with Crippen molar-refractivity contribution < 1.29 is 9.59 Å². The average Bonchev–Trinajstić information content (AvgIpc) is 2.17. The highest BCUT2D eigenvalue weighted by atomic mass is 16.2. The lowest BCUT2D eigenvalue weighted by atomic mass is 10.1. The average molecular weight is 211 g/mol. The first-order valence-electron chi connectivity index (χ1n) is 5.11. The summed E-state index contributed by atoms with van der Waals surface area (Å²) in [6.45, 7) is 3.28. The number of amides is 2. The molecule has 0 aromatic carbocycles.